The van der Waals surface area contributed by atoms with Crippen LogP contribution in [0, 0.1) is 6.92 Å². The van der Waals surface area contributed by atoms with E-state index >= 15 is 0 Å². The molecule has 0 spiro atoms. The van der Waals surface area contributed by atoms with Gasteiger partial charge in [0, 0.05) is 24.9 Å². The molecule has 0 fully saturated rings. The third-order valence-electron chi connectivity index (χ3n) is 7.59. The zero-order chi connectivity index (χ0) is 32.3. The Balaban J connectivity index is 1.38. The van der Waals surface area contributed by atoms with Gasteiger partial charge >= 0.3 is 7.82 Å². The quantitative estimate of drug-likeness (QED) is 0.0871. The molecule has 10 heteroatoms. The van der Waals surface area contributed by atoms with Gasteiger partial charge in [-0.05, 0) is 61.9 Å². The molecule has 1 N–H and O–H groups in total. The molecule has 3 rings (SSSR count). The molecular weight excluding hydrogens is 609 g/mol. The Morgan fingerprint density at radius 2 is 1.51 bits per heavy atom. The molecule has 0 saturated carbocycles. The van der Waals surface area contributed by atoms with Crippen LogP contribution in [-0.4, -0.2) is 48.2 Å². The number of rotatable bonds is 24. The minimum absolute atomic E-state index is 0.147. The molecule has 0 radical (unpaired) electrons. The van der Waals surface area contributed by atoms with Crippen LogP contribution >= 0.6 is 19.6 Å². The molecule has 252 valence electrons. The first-order chi connectivity index (χ1) is 21.8. The van der Waals surface area contributed by atoms with Crippen molar-refractivity contribution in [3.63, 3.8) is 0 Å². The molecule has 45 heavy (non-hydrogen) atoms. The highest BCUT2D eigenvalue weighted by atomic mass is 32.2. The van der Waals surface area contributed by atoms with Crippen molar-refractivity contribution in [2.45, 2.75) is 105 Å². The molecule has 8 nitrogen and oxygen atoms in total. The number of thioether (sulfide) groups is 1. The van der Waals surface area contributed by atoms with Crippen molar-refractivity contribution in [1.29, 1.82) is 0 Å². The number of ether oxygens (including phenoxy) is 3. The fraction of sp³-hybridized carbons (Fsp3) is 0.600. The molecule has 0 amide bonds. The van der Waals surface area contributed by atoms with Crippen LogP contribution in [0.2, 0.25) is 0 Å². The van der Waals surface area contributed by atoms with Crippen LogP contribution in [-0.2, 0) is 20.4 Å². The average Bonchev–Trinajstić information content (AvgIpc) is 3.43. The van der Waals surface area contributed by atoms with Gasteiger partial charge in [-0.25, -0.2) is 4.57 Å². The maximum absolute atomic E-state index is 12.7. The van der Waals surface area contributed by atoms with E-state index in [9.17, 15) is 9.46 Å². The molecule has 0 bridgehead atoms. The highest BCUT2D eigenvalue weighted by molar-refractivity contribution is 8.03. The zero-order valence-corrected chi connectivity index (χ0v) is 29.4. The van der Waals surface area contributed by atoms with E-state index < -0.39 is 13.9 Å². The van der Waals surface area contributed by atoms with Gasteiger partial charge in [0.2, 0.25) is 0 Å². The first kappa shape index (κ1) is 37.3. The van der Waals surface area contributed by atoms with Crippen molar-refractivity contribution in [1.82, 2.24) is 4.90 Å². The van der Waals surface area contributed by atoms with E-state index in [0.717, 1.165) is 35.7 Å². The van der Waals surface area contributed by atoms with Gasteiger partial charge in [0.25, 0.3) is 0 Å². The molecule has 1 aliphatic rings. The smallest absolute Gasteiger partial charge is 0.493 e. The minimum Gasteiger partial charge on any atom is -0.493 e. The van der Waals surface area contributed by atoms with Gasteiger partial charge < -0.3 is 23.6 Å². The van der Waals surface area contributed by atoms with Gasteiger partial charge in [-0.3, -0.25) is 9.42 Å². The number of hydrogen-bond acceptors (Lipinski definition) is 8. The molecule has 1 aliphatic heterocycles. The summed E-state index contributed by atoms with van der Waals surface area (Å²) in [5.41, 5.74) is 2.00. The SMILES string of the molecule is CCCCCCCCCCCCOc1cccc(OCC(COP(=O)(O)Oc2ccc(CN3C=C(C)SC3)cc2)OCC)c1C. The van der Waals surface area contributed by atoms with E-state index in [-0.39, 0.29) is 19.0 Å². The van der Waals surface area contributed by atoms with Crippen LogP contribution in [0.4, 0.5) is 0 Å². The molecule has 2 aromatic carbocycles. The highest BCUT2D eigenvalue weighted by Gasteiger charge is 2.26. The summed E-state index contributed by atoms with van der Waals surface area (Å²) in [4.78, 5) is 13.9. The van der Waals surface area contributed by atoms with E-state index in [2.05, 4.69) is 24.9 Å². The van der Waals surface area contributed by atoms with Crippen LogP contribution in [0.3, 0.4) is 0 Å². The van der Waals surface area contributed by atoms with Crippen LogP contribution < -0.4 is 14.0 Å². The van der Waals surface area contributed by atoms with Crippen LogP contribution in [0.25, 0.3) is 0 Å². The fourth-order valence-electron chi connectivity index (χ4n) is 5.08. The summed E-state index contributed by atoms with van der Waals surface area (Å²) in [7, 11) is -4.37. The summed E-state index contributed by atoms with van der Waals surface area (Å²) in [6.45, 7) is 10.0. The van der Waals surface area contributed by atoms with E-state index in [1.807, 2.05) is 55.9 Å². The normalized spacial score (nSPS) is 15.0. The van der Waals surface area contributed by atoms with Crippen molar-refractivity contribution >= 4 is 19.6 Å². The van der Waals surface area contributed by atoms with E-state index in [0.29, 0.717) is 19.0 Å². The monoisotopic (exact) mass is 663 g/mol. The van der Waals surface area contributed by atoms with Gasteiger partial charge in [0.1, 0.15) is 30.0 Å². The summed E-state index contributed by atoms with van der Waals surface area (Å²) < 4.78 is 41.2. The van der Waals surface area contributed by atoms with E-state index in [1.54, 1.807) is 12.1 Å². The molecule has 1 heterocycles. The molecule has 2 aromatic rings. The Morgan fingerprint density at radius 1 is 0.867 bits per heavy atom. The number of nitrogens with zero attached hydrogens (tertiary/aromatic N) is 1. The first-order valence-corrected chi connectivity index (χ1v) is 19.1. The van der Waals surface area contributed by atoms with Crippen molar-refractivity contribution in [3.05, 3.63) is 64.7 Å². The summed E-state index contributed by atoms with van der Waals surface area (Å²) in [6, 6.07) is 12.9. The number of benzene rings is 2. The predicted octanol–water partition coefficient (Wildman–Crippen LogP) is 9.64. The predicted molar refractivity (Wildman–Crippen MR) is 184 cm³/mol. The molecular formula is C35H54NO7PS. The first-order valence-electron chi connectivity index (χ1n) is 16.6. The Morgan fingerprint density at radius 3 is 2.13 bits per heavy atom. The molecule has 0 aromatic heterocycles. The summed E-state index contributed by atoms with van der Waals surface area (Å²) in [5.74, 6) is 2.67. The Bertz CT molecular complexity index is 1190. The lowest BCUT2D eigenvalue weighted by Gasteiger charge is -2.21. The topological polar surface area (TPSA) is 86.7 Å². The Labute approximate surface area is 275 Å². The second kappa shape index (κ2) is 20.9. The second-order valence-corrected chi connectivity index (χ2v) is 14.1. The summed E-state index contributed by atoms with van der Waals surface area (Å²) in [6.07, 6.45) is 14.5. The Kier molecular flexibility index (Phi) is 17.3. The van der Waals surface area contributed by atoms with E-state index in [1.165, 1.54) is 62.7 Å². The maximum Gasteiger partial charge on any atom is 0.527 e. The maximum atomic E-state index is 12.7. The third-order valence-corrected chi connectivity index (χ3v) is 9.53. The molecule has 2 atom stereocenters. The van der Waals surface area contributed by atoms with Gasteiger partial charge in [-0.15, -0.1) is 11.8 Å². The van der Waals surface area contributed by atoms with E-state index in [4.69, 9.17) is 23.3 Å². The van der Waals surface area contributed by atoms with Crippen LogP contribution in [0.15, 0.2) is 53.6 Å². The average molecular weight is 664 g/mol. The van der Waals surface area contributed by atoms with Crippen LogP contribution in [0.1, 0.15) is 96.1 Å². The molecule has 0 aliphatic carbocycles. The van der Waals surface area contributed by atoms with Crippen molar-refractivity contribution in [3.8, 4) is 17.2 Å². The number of unbranched alkanes of at least 4 members (excludes halogenated alkanes) is 9. The Hall–Kier alpha value is -2.16. The van der Waals surface area contributed by atoms with Gasteiger partial charge in [0.05, 0.1) is 19.1 Å². The molecule has 2 unspecified atom stereocenters. The van der Waals surface area contributed by atoms with Crippen molar-refractivity contribution in [2.75, 3.05) is 32.3 Å². The lowest BCUT2D eigenvalue weighted by atomic mass is 10.1. The number of hydrogen-bond donors (Lipinski definition) is 1. The molecule has 0 saturated heterocycles. The lowest BCUT2D eigenvalue weighted by molar-refractivity contribution is -0.00727. The fourth-order valence-corrected chi connectivity index (χ4v) is 6.63. The van der Waals surface area contributed by atoms with Crippen molar-refractivity contribution in [2.24, 2.45) is 0 Å². The van der Waals surface area contributed by atoms with Crippen molar-refractivity contribution < 1.29 is 32.7 Å². The lowest BCUT2D eigenvalue weighted by Crippen LogP contribution is -2.27. The highest BCUT2D eigenvalue weighted by Crippen LogP contribution is 2.44. The minimum atomic E-state index is -4.37. The largest absolute Gasteiger partial charge is 0.527 e. The van der Waals surface area contributed by atoms with Gasteiger partial charge in [-0.1, -0.05) is 82.9 Å². The standard InChI is InChI=1S/C35H54NO7PS/c1-5-7-8-9-10-11-12-13-14-15-23-40-34-17-16-18-35(30(34)4)41-26-33(39-6-2)27-42-44(37,38)43-32-21-19-31(20-22-32)25-36-24-29(3)45-28-36/h16-22,24,33H,5-15,23,25-28H2,1-4H3,(H,37,38). The summed E-state index contributed by atoms with van der Waals surface area (Å²) in [5, 5.41) is 0. The third kappa shape index (κ3) is 14.9. The van der Waals surface area contributed by atoms with Crippen LogP contribution in [0.5, 0.6) is 17.2 Å². The zero-order valence-electron chi connectivity index (χ0n) is 27.7. The second-order valence-electron chi connectivity index (χ2n) is 11.6. The van der Waals surface area contributed by atoms with Gasteiger partial charge in [-0.2, -0.15) is 0 Å². The summed E-state index contributed by atoms with van der Waals surface area (Å²) >= 11 is 1.81. The number of phosphoric acid groups is 1. The number of allylic oxidation sites excluding steroid dienone is 1. The van der Waals surface area contributed by atoms with Gasteiger partial charge in [0.15, 0.2) is 0 Å². The number of phosphoric ester groups is 1.